The summed E-state index contributed by atoms with van der Waals surface area (Å²) in [5.74, 6) is 0. The highest BCUT2D eigenvalue weighted by molar-refractivity contribution is 6.25. The molecule has 0 aliphatic heterocycles. The Hall–Kier alpha value is -6.70. The molecule has 1 nitrogen and oxygen atoms in total. The second kappa shape index (κ2) is 10.2. The van der Waals surface area contributed by atoms with E-state index in [4.69, 9.17) is 4.42 Å². The van der Waals surface area contributed by atoms with Gasteiger partial charge in [-0.3, -0.25) is 0 Å². The number of hydrogen-bond acceptors (Lipinski definition) is 1. The van der Waals surface area contributed by atoms with Crippen LogP contribution < -0.4 is 0 Å². The summed E-state index contributed by atoms with van der Waals surface area (Å²) in [5, 5.41) is 7.28. The smallest absolute Gasteiger partial charge is 0.136 e. The van der Waals surface area contributed by atoms with Crippen molar-refractivity contribution in [3.8, 4) is 44.5 Å². The van der Waals surface area contributed by atoms with Gasteiger partial charge in [-0.2, -0.15) is 0 Å². The molecule has 0 fully saturated rings. The lowest BCUT2D eigenvalue weighted by Crippen LogP contribution is -2.25. The predicted molar refractivity (Wildman–Crippen MR) is 216 cm³/mol. The summed E-state index contributed by atoms with van der Waals surface area (Å²) < 4.78 is 6.40. The van der Waals surface area contributed by atoms with Crippen molar-refractivity contribution >= 4 is 43.5 Å². The molecule has 52 heavy (non-hydrogen) atoms. The molecule has 12 rings (SSSR count). The van der Waals surface area contributed by atoms with Crippen molar-refractivity contribution in [2.75, 3.05) is 0 Å². The molecule has 0 amide bonds. The molecule has 0 atom stereocenters. The number of benzene rings is 9. The number of hydrogen-bond donors (Lipinski definition) is 0. The minimum atomic E-state index is -0.390. The zero-order chi connectivity index (χ0) is 34.0. The van der Waals surface area contributed by atoms with Gasteiger partial charge >= 0.3 is 0 Å². The Kier molecular flexibility index (Phi) is 5.49. The van der Waals surface area contributed by atoms with Crippen molar-refractivity contribution in [2.45, 2.75) is 5.41 Å². The van der Waals surface area contributed by atoms with Gasteiger partial charge in [0, 0.05) is 10.8 Å². The molecule has 0 N–H and O–H groups in total. The van der Waals surface area contributed by atoms with E-state index in [-0.39, 0.29) is 0 Å². The number of fused-ring (bicyclic) bond motifs is 15. The summed E-state index contributed by atoms with van der Waals surface area (Å²) in [4.78, 5) is 0. The summed E-state index contributed by atoms with van der Waals surface area (Å²) in [6.45, 7) is 0. The third-order valence-corrected chi connectivity index (χ3v) is 11.9. The lowest BCUT2D eigenvalue weighted by Gasteiger charge is -2.30. The molecule has 1 aromatic heterocycles. The Labute approximate surface area is 301 Å². The van der Waals surface area contributed by atoms with Crippen LogP contribution in [0.3, 0.4) is 0 Å². The van der Waals surface area contributed by atoms with E-state index in [1.807, 2.05) is 6.07 Å². The lowest BCUT2D eigenvalue weighted by molar-refractivity contribution is 0.669. The standard InChI is InChI=1S/C51H30O/c1-3-19-38-36(17-1)48(37-18-2-4-20-39(37)49(38)41-22-13-27-47-50(41)40-21-8-12-26-46(40)52-47)31-28-29-35-34-16-7-11-25-44(34)51(45(35)30-31)42-23-9-5-14-32(42)33-15-6-10-24-43(33)51/h1-30H. The molecular formula is C51H30O. The van der Waals surface area contributed by atoms with Crippen LogP contribution in [0.2, 0.25) is 0 Å². The van der Waals surface area contributed by atoms with Crippen LogP contribution in [0, 0.1) is 0 Å². The Morgan fingerprint density at radius 3 is 1.35 bits per heavy atom. The van der Waals surface area contributed by atoms with Gasteiger partial charge in [-0.05, 0) is 107 Å². The first-order valence-electron chi connectivity index (χ1n) is 18.1. The molecule has 1 heteroatoms. The van der Waals surface area contributed by atoms with E-state index < -0.39 is 5.41 Å². The highest BCUT2D eigenvalue weighted by Gasteiger charge is 2.51. The quantitative estimate of drug-likeness (QED) is 0.169. The van der Waals surface area contributed by atoms with Gasteiger partial charge in [0.05, 0.1) is 5.41 Å². The monoisotopic (exact) mass is 658 g/mol. The Bertz CT molecular complexity index is 3020. The van der Waals surface area contributed by atoms with Crippen LogP contribution in [-0.4, -0.2) is 0 Å². The van der Waals surface area contributed by atoms with Gasteiger partial charge in [-0.1, -0.05) is 164 Å². The van der Waals surface area contributed by atoms with Gasteiger partial charge in [0.15, 0.2) is 0 Å². The minimum Gasteiger partial charge on any atom is -0.456 e. The molecule has 0 saturated heterocycles. The third kappa shape index (κ3) is 3.43. The summed E-state index contributed by atoms with van der Waals surface area (Å²) in [6, 6.07) is 67.3. The Morgan fingerprint density at radius 2 is 0.750 bits per heavy atom. The second-order valence-electron chi connectivity index (χ2n) is 14.3. The normalized spacial score (nSPS) is 13.5. The van der Waals surface area contributed by atoms with Crippen LogP contribution >= 0.6 is 0 Å². The van der Waals surface area contributed by atoms with Gasteiger partial charge < -0.3 is 4.42 Å². The van der Waals surface area contributed by atoms with Crippen LogP contribution in [0.4, 0.5) is 0 Å². The van der Waals surface area contributed by atoms with Gasteiger partial charge in [-0.15, -0.1) is 0 Å². The molecule has 9 aromatic carbocycles. The maximum Gasteiger partial charge on any atom is 0.136 e. The second-order valence-corrected chi connectivity index (χ2v) is 14.3. The van der Waals surface area contributed by atoms with Gasteiger partial charge in [0.25, 0.3) is 0 Å². The van der Waals surface area contributed by atoms with Crippen LogP contribution in [0.5, 0.6) is 0 Å². The van der Waals surface area contributed by atoms with Crippen LogP contribution in [0.15, 0.2) is 186 Å². The minimum absolute atomic E-state index is 0.390. The van der Waals surface area contributed by atoms with E-state index >= 15 is 0 Å². The highest BCUT2D eigenvalue weighted by atomic mass is 16.3. The topological polar surface area (TPSA) is 13.1 Å². The molecule has 10 aromatic rings. The van der Waals surface area contributed by atoms with Crippen molar-refractivity contribution in [2.24, 2.45) is 0 Å². The van der Waals surface area contributed by atoms with Crippen LogP contribution in [-0.2, 0) is 5.41 Å². The fourth-order valence-electron chi connectivity index (χ4n) is 9.96. The average molecular weight is 659 g/mol. The first-order chi connectivity index (χ1) is 25.8. The van der Waals surface area contributed by atoms with Crippen molar-refractivity contribution in [3.63, 3.8) is 0 Å². The summed E-state index contributed by atoms with van der Waals surface area (Å²) >= 11 is 0. The summed E-state index contributed by atoms with van der Waals surface area (Å²) in [5.41, 5.74) is 17.1. The van der Waals surface area contributed by atoms with E-state index in [0.717, 1.165) is 21.9 Å². The molecule has 1 heterocycles. The molecule has 0 saturated carbocycles. The molecule has 2 aliphatic carbocycles. The number of rotatable bonds is 2. The van der Waals surface area contributed by atoms with Crippen molar-refractivity contribution in [1.29, 1.82) is 0 Å². The molecule has 0 unspecified atom stereocenters. The van der Waals surface area contributed by atoms with Crippen LogP contribution in [0.25, 0.3) is 88.0 Å². The molecule has 0 radical (unpaired) electrons. The van der Waals surface area contributed by atoms with E-state index in [9.17, 15) is 0 Å². The molecule has 2 aliphatic rings. The fraction of sp³-hybridized carbons (Fsp3) is 0.0196. The van der Waals surface area contributed by atoms with Crippen molar-refractivity contribution < 1.29 is 4.42 Å². The predicted octanol–water partition coefficient (Wildman–Crippen LogP) is 13.6. The average Bonchev–Trinajstić information content (AvgIpc) is 3.84. The van der Waals surface area contributed by atoms with Crippen molar-refractivity contribution in [1.82, 2.24) is 0 Å². The van der Waals surface area contributed by atoms with Gasteiger partial charge in [0.2, 0.25) is 0 Å². The molecule has 1 spiro atoms. The fourth-order valence-corrected chi connectivity index (χ4v) is 9.96. The number of furan rings is 1. The Morgan fingerprint density at radius 1 is 0.308 bits per heavy atom. The van der Waals surface area contributed by atoms with Crippen LogP contribution in [0.1, 0.15) is 22.3 Å². The first kappa shape index (κ1) is 28.0. The highest BCUT2D eigenvalue weighted by Crippen LogP contribution is 2.63. The SMILES string of the molecule is c1ccc2c(c1)-c1ccccc1C21c2ccccc2-c2ccc(-c3c4ccccc4c(-c4cccc5oc6ccccc6c45)c4ccccc34)cc21. The molecular weight excluding hydrogens is 629 g/mol. The van der Waals surface area contributed by atoms with E-state index in [1.54, 1.807) is 0 Å². The van der Waals surface area contributed by atoms with Crippen molar-refractivity contribution in [3.05, 3.63) is 204 Å². The zero-order valence-electron chi connectivity index (χ0n) is 28.2. The van der Waals surface area contributed by atoms with E-state index in [0.29, 0.717) is 0 Å². The van der Waals surface area contributed by atoms with E-state index in [2.05, 4.69) is 176 Å². The third-order valence-electron chi connectivity index (χ3n) is 11.9. The molecule has 240 valence electrons. The summed E-state index contributed by atoms with van der Waals surface area (Å²) in [6.07, 6.45) is 0. The largest absolute Gasteiger partial charge is 0.456 e. The van der Waals surface area contributed by atoms with Gasteiger partial charge in [0.1, 0.15) is 11.2 Å². The summed E-state index contributed by atoms with van der Waals surface area (Å²) in [7, 11) is 0. The first-order valence-corrected chi connectivity index (χ1v) is 18.1. The van der Waals surface area contributed by atoms with E-state index in [1.165, 1.54) is 88.3 Å². The maximum atomic E-state index is 6.40. The zero-order valence-corrected chi connectivity index (χ0v) is 28.2. The Balaban J connectivity index is 1.19. The lowest BCUT2D eigenvalue weighted by atomic mass is 9.70. The maximum absolute atomic E-state index is 6.40. The number of para-hydroxylation sites is 1. The molecule has 0 bridgehead atoms. The van der Waals surface area contributed by atoms with Gasteiger partial charge in [-0.25, -0.2) is 0 Å².